The summed E-state index contributed by atoms with van der Waals surface area (Å²) < 4.78 is 29.6. The normalized spacial score (nSPS) is 11.5. The Bertz CT molecular complexity index is 780. The molecule has 0 radical (unpaired) electrons. The van der Waals surface area contributed by atoms with Crippen LogP contribution in [-0.2, 0) is 22.0 Å². The number of carboxylic acid groups (broad SMARTS) is 1. The SMILES string of the molecule is CCc1ccc(C(=O)O)cc1S(=O)(=O)Cc1noc(C)n1. The highest BCUT2D eigenvalue weighted by Gasteiger charge is 2.23. The van der Waals surface area contributed by atoms with Crippen molar-refractivity contribution in [2.45, 2.75) is 30.9 Å². The molecule has 0 spiro atoms. The second-order valence-electron chi connectivity index (χ2n) is 4.47. The van der Waals surface area contributed by atoms with E-state index < -0.39 is 21.6 Å². The number of aromatic carboxylic acids is 1. The van der Waals surface area contributed by atoms with Crippen molar-refractivity contribution < 1.29 is 22.8 Å². The van der Waals surface area contributed by atoms with Crippen molar-refractivity contribution in [1.82, 2.24) is 10.1 Å². The Morgan fingerprint density at radius 1 is 1.38 bits per heavy atom. The Kier molecular flexibility index (Phi) is 4.08. The van der Waals surface area contributed by atoms with Crippen LogP contribution in [0.4, 0.5) is 0 Å². The fraction of sp³-hybridized carbons (Fsp3) is 0.308. The third-order valence-corrected chi connectivity index (χ3v) is 4.61. The lowest BCUT2D eigenvalue weighted by Gasteiger charge is -2.09. The summed E-state index contributed by atoms with van der Waals surface area (Å²) in [6.07, 6.45) is 0.472. The van der Waals surface area contributed by atoms with E-state index in [1.807, 2.05) is 0 Å². The molecular weight excluding hydrogens is 296 g/mol. The number of sulfone groups is 1. The van der Waals surface area contributed by atoms with Gasteiger partial charge in [-0.15, -0.1) is 0 Å². The van der Waals surface area contributed by atoms with Crippen molar-refractivity contribution in [1.29, 1.82) is 0 Å². The molecule has 1 heterocycles. The van der Waals surface area contributed by atoms with Gasteiger partial charge in [-0.1, -0.05) is 18.1 Å². The van der Waals surface area contributed by atoms with Crippen LogP contribution in [0, 0.1) is 6.92 Å². The topological polar surface area (TPSA) is 110 Å². The highest BCUT2D eigenvalue weighted by Crippen LogP contribution is 2.22. The lowest BCUT2D eigenvalue weighted by molar-refractivity contribution is 0.0696. The minimum atomic E-state index is -3.75. The number of carboxylic acids is 1. The quantitative estimate of drug-likeness (QED) is 0.893. The molecule has 7 nitrogen and oxygen atoms in total. The molecule has 0 fully saturated rings. The maximum atomic E-state index is 12.5. The van der Waals surface area contributed by atoms with E-state index in [0.29, 0.717) is 12.0 Å². The van der Waals surface area contributed by atoms with Crippen LogP contribution in [0.15, 0.2) is 27.6 Å². The summed E-state index contributed by atoms with van der Waals surface area (Å²) in [7, 11) is -3.75. The maximum Gasteiger partial charge on any atom is 0.335 e. The Balaban J connectivity index is 2.47. The lowest BCUT2D eigenvalue weighted by atomic mass is 10.1. The van der Waals surface area contributed by atoms with E-state index in [4.69, 9.17) is 9.63 Å². The van der Waals surface area contributed by atoms with Crippen LogP contribution in [0.5, 0.6) is 0 Å². The van der Waals surface area contributed by atoms with Crippen molar-refractivity contribution in [2.24, 2.45) is 0 Å². The fourth-order valence-corrected chi connectivity index (χ4v) is 3.45. The zero-order valence-corrected chi connectivity index (χ0v) is 12.3. The molecule has 0 bridgehead atoms. The van der Waals surface area contributed by atoms with Gasteiger partial charge in [0.2, 0.25) is 5.89 Å². The Labute approximate surface area is 121 Å². The Hall–Kier alpha value is -2.22. The highest BCUT2D eigenvalue weighted by atomic mass is 32.2. The van der Waals surface area contributed by atoms with E-state index in [0.717, 1.165) is 0 Å². The van der Waals surface area contributed by atoms with Gasteiger partial charge < -0.3 is 9.63 Å². The molecular formula is C13H14N2O5S. The molecule has 0 amide bonds. The summed E-state index contributed by atoms with van der Waals surface area (Å²) in [5.74, 6) is -1.28. The molecule has 8 heteroatoms. The molecule has 1 aromatic heterocycles. The summed E-state index contributed by atoms with van der Waals surface area (Å²) in [5, 5.41) is 12.6. The number of hydrogen-bond donors (Lipinski definition) is 1. The first-order chi connectivity index (χ1) is 9.83. The van der Waals surface area contributed by atoms with Crippen molar-refractivity contribution in [2.75, 3.05) is 0 Å². The number of nitrogens with zero attached hydrogens (tertiary/aromatic N) is 2. The smallest absolute Gasteiger partial charge is 0.335 e. The molecule has 112 valence electrons. The van der Waals surface area contributed by atoms with Gasteiger partial charge in [0.05, 0.1) is 10.5 Å². The third kappa shape index (κ3) is 3.27. The molecule has 0 aliphatic rings. The third-order valence-electron chi connectivity index (χ3n) is 2.92. The van der Waals surface area contributed by atoms with Crippen LogP contribution >= 0.6 is 0 Å². The summed E-state index contributed by atoms with van der Waals surface area (Å²) in [5.41, 5.74) is 0.482. The summed E-state index contributed by atoms with van der Waals surface area (Å²) in [6.45, 7) is 3.36. The van der Waals surface area contributed by atoms with E-state index in [1.54, 1.807) is 13.8 Å². The number of aryl methyl sites for hydroxylation is 2. The first kappa shape index (κ1) is 15.2. The maximum absolute atomic E-state index is 12.5. The minimum Gasteiger partial charge on any atom is -0.478 e. The lowest BCUT2D eigenvalue weighted by Crippen LogP contribution is -2.11. The van der Waals surface area contributed by atoms with Crippen LogP contribution in [0.2, 0.25) is 0 Å². The number of aromatic nitrogens is 2. The van der Waals surface area contributed by atoms with Gasteiger partial charge in [0, 0.05) is 6.92 Å². The zero-order valence-electron chi connectivity index (χ0n) is 11.5. The molecule has 2 aromatic rings. The number of hydrogen-bond acceptors (Lipinski definition) is 6. The summed E-state index contributed by atoms with van der Waals surface area (Å²) in [6, 6.07) is 4.07. The molecule has 0 unspecified atom stereocenters. The second-order valence-corrected chi connectivity index (χ2v) is 6.43. The average molecular weight is 310 g/mol. The van der Waals surface area contributed by atoms with Gasteiger partial charge in [0.15, 0.2) is 15.7 Å². The molecule has 0 saturated heterocycles. The van der Waals surface area contributed by atoms with Crippen molar-refractivity contribution in [3.8, 4) is 0 Å². The van der Waals surface area contributed by atoms with Gasteiger partial charge in [-0.3, -0.25) is 0 Å². The minimum absolute atomic E-state index is 0.00708. The van der Waals surface area contributed by atoms with Gasteiger partial charge in [0.25, 0.3) is 0 Å². The second kappa shape index (κ2) is 5.65. The monoisotopic (exact) mass is 310 g/mol. The number of rotatable bonds is 5. The molecule has 1 N–H and O–H groups in total. The van der Waals surface area contributed by atoms with Gasteiger partial charge >= 0.3 is 5.97 Å². The summed E-state index contributed by atoms with van der Waals surface area (Å²) >= 11 is 0. The highest BCUT2D eigenvalue weighted by molar-refractivity contribution is 7.90. The molecule has 0 aliphatic carbocycles. The van der Waals surface area contributed by atoms with Crippen LogP contribution < -0.4 is 0 Å². The summed E-state index contributed by atoms with van der Waals surface area (Å²) in [4.78, 5) is 14.9. The molecule has 2 rings (SSSR count). The van der Waals surface area contributed by atoms with Crippen LogP contribution in [0.25, 0.3) is 0 Å². The van der Waals surface area contributed by atoms with Crippen molar-refractivity contribution in [3.05, 3.63) is 41.0 Å². The van der Waals surface area contributed by atoms with E-state index >= 15 is 0 Å². The molecule has 21 heavy (non-hydrogen) atoms. The predicted molar refractivity (Wildman–Crippen MR) is 72.7 cm³/mol. The van der Waals surface area contributed by atoms with Gasteiger partial charge in [-0.05, 0) is 24.1 Å². The van der Waals surface area contributed by atoms with E-state index in [-0.39, 0.29) is 22.2 Å². The van der Waals surface area contributed by atoms with Crippen LogP contribution in [0.3, 0.4) is 0 Å². The molecule has 0 aliphatic heterocycles. The van der Waals surface area contributed by atoms with Gasteiger partial charge in [-0.25, -0.2) is 13.2 Å². The van der Waals surface area contributed by atoms with E-state index in [9.17, 15) is 13.2 Å². The Morgan fingerprint density at radius 3 is 2.62 bits per heavy atom. The van der Waals surface area contributed by atoms with Crippen LogP contribution in [-0.4, -0.2) is 29.6 Å². The average Bonchev–Trinajstić information content (AvgIpc) is 2.82. The largest absolute Gasteiger partial charge is 0.478 e. The molecule has 0 atom stereocenters. The first-order valence-corrected chi connectivity index (χ1v) is 7.87. The first-order valence-electron chi connectivity index (χ1n) is 6.21. The molecule has 1 aromatic carbocycles. The zero-order chi connectivity index (χ0) is 15.6. The predicted octanol–water partition coefficient (Wildman–Crippen LogP) is 1.61. The number of benzene rings is 1. The molecule has 0 saturated carbocycles. The number of carbonyl (C=O) groups is 1. The van der Waals surface area contributed by atoms with Crippen LogP contribution in [0.1, 0.15) is 34.6 Å². The van der Waals surface area contributed by atoms with Crippen molar-refractivity contribution in [3.63, 3.8) is 0 Å². The van der Waals surface area contributed by atoms with E-state index in [2.05, 4.69) is 10.1 Å². The standard InChI is InChI=1S/C13H14N2O5S/c1-3-9-4-5-10(13(16)17)6-11(9)21(18,19)7-12-14-8(2)20-15-12/h4-6H,3,7H2,1-2H3,(H,16,17). The Morgan fingerprint density at radius 2 is 2.10 bits per heavy atom. The van der Waals surface area contributed by atoms with Crippen molar-refractivity contribution >= 4 is 15.8 Å². The fourth-order valence-electron chi connectivity index (χ4n) is 1.92. The van der Waals surface area contributed by atoms with Gasteiger partial charge in [-0.2, -0.15) is 4.98 Å². The van der Waals surface area contributed by atoms with Gasteiger partial charge in [0.1, 0.15) is 5.75 Å². The van der Waals surface area contributed by atoms with E-state index in [1.165, 1.54) is 18.2 Å².